The smallest absolute Gasteiger partial charge is 0.243 e. The number of hydrogen-bond donors (Lipinski definition) is 1. The number of sulfonamides is 1. The largest absolute Gasteiger partial charge is 0.392 e. The van der Waals surface area contributed by atoms with E-state index in [0.717, 1.165) is 12.8 Å². The molecule has 1 aliphatic heterocycles. The van der Waals surface area contributed by atoms with Crippen LogP contribution in [-0.2, 0) is 16.6 Å². The van der Waals surface area contributed by atoms with E-state index in [9.17, 15) is 13.5 Å². The van der Waals surface area contributed by atoms with Crippen LogP contribution in [0.15, 0.2) is 23.1 Å². The van der Waals surface area contributed by atoms with Gasteiger partial charge in [-0.2, -0.15) is 4.31 Å². The Labute approximate surface area is 121 Å². The molecule has 0 spiro atoms. The summed E-state index contributed by atoms with van der Waals surface area (Å²) in [6.07, 6.45) is 1.84. The number of benzene rings is 1. The Morgan fingerprint density at radius 1 is 1.40 bits per heavy atom. The summed E-state index contributed by atoms with van der Waals surface area (Å²) in [6.45, 7) is 6.35. The van der Waals surface area contributed by atoms with Crippen LogP contribution in [-0.4, -0.2) is 30.4 Å². The van der Waals surface area contributed by atoms with Crippen LogP contribution < -0.4 is 0 Å². The lowest BCUT2D eigenvalue weighted by Gasteiger charge is -2.27. The highest BCUT2D eigenvalue weighted by Crippen LogP contribution is 2.31. The minimum atomic E-state index is -3.47. The lowest BCUT2D eigenvalue weighted by molar-refractivity contribution is 0.280. The fourth-order valence-electron chi connectivity index (χ4n) is 2.97. The standard InChI is InChI=1S/C15H23NO3S/c1-11(2)14-7-5-9-16(14)20(18,19)15-8-4-6-13(10-17)12(15)3/h4,6,8,11,14,17H,5,7,9-10H2,1-3H3. The van der Waals surface area contributed by atoms with Gasteiger partial charge in [-0.1, -0.05) is 26.0 Å². The highest BCUT2D eigenvalue weighted by molar-refractivity contribution is 7.89. The Bertz CT molecular complexity index is 581. The van der Waals surface area contributed by atoms with Gasteiger partial charge in [-0.05, 0) is 42.9 Å². The average molecular weight is 297 g/mol. The molecule has 4 nitrogen and oxygen atoms in total. The Hall–Kier alpha value is -0.910. The van der Waals surface area contributed by atoms with Gasteiger partial charge in [0, 0.05) is 12.6 Å². The quantitative estimate of drug-likeness (QED) is 0.927. The molecule has 1 fully saturated rings. The molecule has 1 saturated heterocycles. The average Bonchev–Trinajstić information content (AvgIpc) is 2.88. The zero-order valence-electron chi connectivity index (χ0n) is 12.3. The van der Waals surface area contributed by atoms with Crippen LogP contribution in [0.1, 0.15) is 37.8 Å². The van der Waals surface area contributed by atoms with Gasteiger partial charge in [0.15, 0.2) is 0 Å². The SMILES string of the molecule is Cc1c(CO)cccc1S(=O)(=O)N1CCCC1C(C)C. The van der Waals surface area contributed by atoms with E-state index < -0.39 is 10.0 Å². The first-order valence-corrected chi connectivity index (χ1v) is 8.54. The van der Waals surface area contributed by atoms with Crippen molar-refractivity contribution in [3.8, 4) is 0 Å². The molecule has 20 heavy (non-hydrogen) atoms. The van der Waals surface area contributed by atoms with Crippen molar-refractivity contribution in [2.45, 2.75) is 51.2 Å². The molecule has 1 atom stereocenters. The van der Waals surface area contributed by atoms with E-state index in [1.165, 1.54) is 0 Å². The first-order chi connectivity index (χ1) is 9.39. The molecule has 0 aromatic heterocycles. The summed E-state index contributed by atoms with van der Waals surface area (Å²) < 4.78 is 27.4. The van der Waals surface area contributed by atoms with Gasteiger partial charge in [-0.3, -0.25) is 0 Å². The van der Waals surface area contributed by atoms with E-state index in [-0.39, 0.29) is 12.6 Å². The zero-order valence-corrected chi connectivity index (χ0v) is 13.2. The molecule has 0 saturated carbocycles. The van der Waals surface area contributed by atoms with Gasteiger partial charge in [-0.25, -0.2) is 8.42 Å². The van der Waals surface area contributed by atoms with Crippen molar-refractivity contribution in [1.82, 2.24) is 4.31 Å². The van der Waals surface area contributed by atoms with Crippen molar-refractivity contribution in [2.24, 2.45) is 5.92 Å². The first-order valence-electron chi connectivity index (χ1n) is 7.10. The Morgan fingerprint density at radius 2 is 2.10 bits per heavy atom. The highest BCUT2D eigenvalue weighted by atomic mass is 32.2. The minimum Gasteiger partial charge on any atom is -0.392 e. The maximum atomic E-state index is 12.9. The zero-order chi connectivity index (χ0) is 14.9. The van der Waals surface area contributed by atoms with Gasteiger partial charge in [0.1, 0.15) is 0 Å². The summed E-state index contributed by atoms with van der Waals surface area (Å²) >= 11 is 0. The molecule has 112 valence electrons. The summed E-state index contributed by atoms with van der Waals surface area (Å²) in [6, 6.07) is 5.18. The van der Waals surface area contributed by atoms with Gasteiger partial charge in [0.25, 0.3) is 0 Å². The van der Waals surface area contributed by atoms with Gasteiger partial charge in [0.2, 0.25) is 10.0 Å². The van der Waals surface area contributed by atoms with Crippen LogP contribution in [0.5, 0.6) is 0 Å². The highest BCUT2D eigenvalue weighted by Gasteiger charge is 2.37. The molecule has 2 rings (SSSR count). The number of nitrogens with zero attached hydrogens (tertiary/aromatic N) is 1. The van der Waals surface area contributed by atoms with Crippen LogP contribution in [0, 0.1) is 12.8 Å². The molecule has 1 aromatic rings. The molecule has 1 unspecified atom stereocenters. The molecule has 0 amide bonds. The number of aliphatic hydroxyl groups excluding tert-OH is 1. The normalized spacial score (nSPS) is 20.8. The monoisotopic (exact) mass is 297 g/mol. The van der Waals surface area contributed by atoms with E-state index in [1.54, 1.807) is 29.4 Å². The fourth-order valence-corrected chi connectivity index (χ4v) is 5.06. The molecule has 1 aromatic carbocycles. The maximum Gasteiger partial charge on any atom is 0.243 e. The van der Waals surface area contributed by atoms with Crippen molar-refractivity contribution in [2.75, 3.05) is 6.54 Å². The third-order valence-corrected chi connectivity index (χ3v) is 6.24. The van der Waals surface area contributed by atoms with Crippen molar-refractivity contribution < 1.29 is 13.5 Å². The van der Waals surface area contributed by atoms with Gasteiger partial charge in [0.05, 0.1) is 11.5 Å². The molecular weight excluding hydrogens is 274 g/mol. The molecule has 0 aliphatic carbocycles. The van der Waals surface area contributed by atoms with Crippen LogP contribution in [0.25, 0.3) is 0 Å². The van der Waals surface area contributed by atoms with E-state index in [1.807, 2.05) is 0 Å². The van der Waals surface area contributed by atoms with E-state index in [2.05, 4.69) is 13.8 Å². The summed E-state index contributed by atoms with van der Waals surface area (Å²) in [5.74, 6) is 0.314. The number of aliphatic hydroxyl groups is 1. The molecule has 5 heteroatoms. The molecule has 1 N–H and O–H groups in total. The summed E-state index contributed by atoms with van der Waals surface area (Å²) in [7, 11) is -3.47. The van der Waals surface area contributed by atoms with Gasteiger partial charge in [-0.15, -0.1) is 0 Å². The number of rotatable bonds is 4. The second-order valence-electron chi connectivity index (χ2n) is 5.77. The topological polar surface area (TPSA) is 57.6 Å². The van der Waals surface area contributed by atoms with E-state index >= 15 is 0 Å². The molecule has 1 heterocycles. The second-order valence-corrected chi connectivity index (χ2v) is 7.63. The Morgan fingerprint density at radius 3 is 2.70 bits per heavy atom. The van der Waals surface area contributed by atoms with Gasteiger partial charge >= 0.3 is 0 Å². The summed E-state index contributed by atoms with van der Waals surface area (Å²) in [5, 5.41) is 9.31. The van der Waals surface area contributed by atoms with Gasteiger partial charge < -0.3 is 5.11 Å². The van der Waals surface area contributed by atoms with Crippen molar-refractivity contribution >= 4 is 10.0 Å². The van der Waals surface area contributed by atoms with Crippen molar-refractivity contribution in [1.29, 1.82) is 0 Å². The second kappa shape index (κ2) is 5.84. The third-order valence-electron chi connectivity index (χ3n) is 4.17. The number of hydrogen-bond acceptors (Lipinski definition) is 3. The maximum absolute atomic E-state index is 12.9. The lowest BCUT2D eigenvalue weighted by Crippen LogP contribution is -2.38. The summed E-state index contributed by atoms with van der Waals surface area (Å²) in [5.41, 5.74) is 1.33. The minimum absolute atomic E-state index is 0.0807. The van der Waals surface area contributed by atoms with E-state index in [0.29, 0.717) is 28.5 Å². The first kappa shape index (κ1) is 15.5. The fraction of sp³-hybridized carbons (Fsp3) is 0.600. The molecule has 0 bridgehead atoms. The molecule has 1 aliphatic rings. The van der Waals surface area contributed by atoms with Crippen molar-refractivity contribution in [3.63, 3.8) is 0 Å². The van der Waals surface area contributed by atoms with Crippen LogP contribution in [0.3, 0.4) is 0 Å². The van der Waals surface area contributed by atoms with Crippen molar-refractivity contribution in [3.05, 3.63) is 29.3 Å². The predicted molar refractivity (Wildman–Crippen MR) is 78.9 cm³/mol. The van der Waals surface area contributed by atoms with Crippen LogP contribution >= 0.6 is 0 Å². The van der Waals surface area contributed by atoms with Crippen LogP contribution in [0.4, 0.5) is 0 Å². The molecular formula is C15H23NO3S. The summed E-state index contributed by atoms with van der Waals surface area (Å²) in [4.78, 5) is 0.330. The van der Waals surface area contributed by atoms with E-state index in [4.69, 9.17) is 0 Å². The van der Waals surface area contributed by atoms with Crippen LogP contribution in [0.2, 0.25) is 0 Å². The molecule has 0 radical (unpaired) electrons. The Kier molecular flexibility index (Phi) is 4.52. The third kappa shape index (κ3) is 2.62. The lowest BCUT2D eigenvalue weighted by atomic mass is 10.0. The Balaban J connectivity index is 2.45. The predicted octanol–water partition coefficient (Wildman–Crippen LogP) is 2.30.